The van der Waals surface area contributed by atoms with Gasteiger partial charge in [0.15, 0.2) is 0 Å². The minimum atomic E-state index is 0.0876. The van der Waals surface area contributed by atoms with Crippen LogP contribution in [0.2, 0.25) is 0 Å². The van der Waals surface area contributed by atoms with E-state index >= 15 is 0 Å². The first-order chi connectivity index (χ1) is 8.15. The van der Waals surface area contributed by atoms with Gasteiger partial charge in [-0.15, -0.1) is 0 Å². The zero-order valence-corrected chi connectivity index (χ0v) is 11.9. The molecule has 0 saturated carbocycles. The van der Waals surface area contributed by atoms with E-state index in [-0.39, 0.29) is 11.9 Å². The molecule has 1 amide bonds. The number of carbonyl (C=O) groups is 1. The van der Waals surface area contributed by atoms with E-state index in [4.69, 9.17) is 0 Å². The standard InChI is InChI=1S/C13H19BrN2O/c1-16(2)12(10-15-13(17)8-9-14)11-6-4-3-5-7-11/h3-7,12H,8-10H2,1-2H3,(H,15,17). The number of likely N-dealkylation sites (N-methyl/N-ethyl adjacent to an activating group) is 1. The normalized spacial score (nSPS) is 12.5. The Morgan fingerprint density at radius 2 is 2.00 bits per heavy atom. The zero-order valence-electron chi connectivity index (χ0n) is 10.3. The second kappa shape index (κ2) is 7.45. The average molecular weight is 299 g/mol. The molecule has 0 bridgehead atoms. The van der Waals surface area contributed by atoms with Gasteiger partial charge < -0.3 is 10.2 Å². The Morgan fingerprint density at radius 3 is 2.53 bits per heavy atom. The van der Waals surface area contributed by atoms with Gasteiger partial charge in [-0.25, -0.2) is 0 Å². The minimum Gasteiger partial charge on any atom is -0.354 e. The first-order valence-corrected chi connectivity index (χ1v) is 6.81. The molecule has 0 aliphatic heterocycles. The summed E-state index contributed by atoms with van der Waals surface area (Å²) in [6, 6.07) is 10.4. The lowest BCUT2D eigenvalue weighted by Crippen LogP contribution is -2.34. The van der Waals surface area contributed by atoms with Crippen molar-refractivity contribution in [1.29, 1.82) is 0 Å². The number of amides is 1. The van der Waals surface area contributed by atoms with Crippen molar-refractivity contribution in [3.63, 3.8) is 0 Å². The van der Waals surface area contributed by atoms with Gasteiger partial charge in [-0.1, -0.05) is 46.3 Å². The van der Waals surface area contributed by atoms with E-state index in [1.54, 1.807) is 0 Å². The van der Waals surface area contributed by atoms with Crippen molar-refractivity contribution in [2.24, 2.45) is 0 Å². The maximum atomic E-state index is 11.4. The van der Waals surface area contributed by atoms with Crippen molar-refractivity contribution < 1.29 is 4.79 Å². The molecular weight excluding hydrogens is 280 g/mol. The molecular formula is C13H19BrN2O. The highest BCUT2D eigenvalue weighted by molar-refractivity contribution is 9.09. The quantitative estimate of drug-likeness (QED) is 0.817. The summed E-state index contributed by atoms with van der Waals surface area (Å²) in [6.45, 7) is 0.642. The highest BCUT2D eigenvalue weighted by Gasteiger charge is 2.14. The molecule has 1 unspecified atom stereocenters. The molecule has 0 spiro atoms. The van der Waals surface area contributed by atoms with Crippen LogP contribution in [-0.2, 0) is 4.79 Å². The number of halogens is 1. The Morgan fingerprint density at radius 1 is 1.35 bits per heavy atom. The molecule has 0 aromatic heterocycles. The molecule has 17 heavy (non-hydrogen) atoms. The van der Waals surface area contributed by atoms with Crippen LogP contribution in [0.5, 0.6) is 0 Å². The van der Waals surface area contributed by atoms with Crippen LogP contribution in [0.3, 0.4) is 0 Å². The second-order valence-electron chi connectivity index (χ2n) is 4.13. The van der Waals surface area contributed by atoms with E-state index < -0.39 is 0 Å². The number of hydrogen-bond donors (Lipinski definition) is 1. The van der Waals surface area contributed by atoms with E-state index in [0.29, 0.717) is 18.3 Å². The molecule has 1 rings (SSSR count). The van der Waals surface area contributed by atoms with Crippen LogP contribution in [0.15, 0.2) is 30.3 Å². The molecule has 0 aliphatic carbocycles. The molecule has 1 atom stereocenters. The van der Waals surface area contributed by atoms with Gasteiger partial charge in [-0.2, -0.15) is 0 Å². The van der Waals surface area contributed by atoms with E-state index in [0.717, 1.165) is 0 Å². The van der Waals surface area contributed by atoms with Crippen LogP contribution in [0.1, 0.15) is 18.0 Å². The van der Waals surface area contributed by atoms with Crippen molar-refractivity contribution >= 4 is 21.8 Å². The summed E-state index contributed by atoms with van der Waals surface area (Å²) in [6.07, 6.45) is 0.523. The molecule has 0 heterocycles. The average Bonchev–Trinajstić information content (AvgIpc) is 2.30. The Bertz CT molecular complexity index is 341. The molecule has 1 aromatic carbocycles. The fourth-order valence-electron chi connectivity index (χ4n) is 1.66. The monoisotopic (exact) mass is 298 g/mol. The Balaban J connectivity index is 2.59. The van der Waals surface area contributed by atoms with Crippen molar-refractivity contribution in [2.75, 3.05) is 26.0 Å². The van der Waals surface area contributed by atoms with Gasteiger partial charge in [0.2, 0.25) is 5.91 Å². The predicted molar refractivity (Wildman–Crippen MR) is 74.3 cm³/mol. The fourth-order valence-corrected chi connectivity index (χ4v) is 2.02. The van der Waals surface area contributed by atoms with Gasteiger partial charge in [-0.05, 0) is 19.7 Å². The molecule has 3 nitrogen and oxygen atoms in total. The molecule has 0 fully saturated rings. The SMILES string of the molecule is CN(C)C(CNC(=O)CCBr)c1ccccc1. The molecule has 94 valence electrons. The Kier molecular flexibility index (Phi) is 6.22. The lowest BCUT2D eigenvalue weighted by atomic mass is 10.1. The number of hydrogen-bond acceptors (Lipinski definition) is 2. The summed E-state index contributed by atoms with van der Waals surface area (Å²) in [5.41, 5.74) is 1.22. The van der Waals surface area contributed by atoms with Crippen molar-refractivity contribution in [3.8, 4) is 0 Å². The van der Waals surface area contributed by atoms with Gasteiger partial charge in [-0.3, -0.25) is 4.79 Å². The maximum Gasteiger partial charge on any atom is 0.220 e. The summed E-state index contributed by atoms with van der Waals surface area (Å²) < 4.78 is 0. The third kappa shape index (κ3) is 4.88. The third-order valence-corrected chi connectivity index (χ3v) is 3.02. The van der Waals surface area contributed by atoms with Gasteiger partial charge in [0.05, 0.1) is 6.04 Å². The van der Waals surface area contributed by atoms with Crippen molar-refractivity contribution in [1.82, 2.24) is 10.2 Å². The second-order valence-corrected chi connectivity index (χ2v) is 4.93. The lowest BCUT2D eigenvalue weighted by Gasteiger charge is -2.25. The van der Waals surface area contributed by atoms with Gasteiger partial charge in [0.25, 0.3) is 0 Å². The number of alkyl halides is 1. The van der Waals surface area contributed by atoms with Crippen LogP contribution < -0.4 is 5.32 Å². The maximum absolute atomic E-state index is 11.4. The minimum absolute atomic E-state index is 0.0876. The van der Waals surface area contributed by atoms with Crippen LogP contribution >= 0.6 is 15.9 Å². The Hall–Kier alpha value is -0.870. The molecule has 4 heteroatoms. The smallest absolute Gasteiger partial charge is 0.220 e. The number of nitrogens with zero attached hydrogens (tertiary/aromatic N) is 1. The highest BCUT2D eigenvalue weighted by atomic mass is 79.9. The van der Waals surface area contributed by atoms with Crippen LogP contribution in [0.25, 0.3) is 0 Å². The number of carbonyl (C=O) groups excluding carboxylic acids is 1. The van der Waals surface area contributed by atoms with Crippen LogP contribution in [0, 0.1) is 0 Å². The summed E-state index contributed by atoms with van der Waals surface area (Å²) in [7, 11) is 4.04. The molecule has 1 N–H and O–H groups in total. The number of benzene rings is 1. The first kappa shape index (κ1) is 14.2. The van der Waals surface area contributed by atoms with Crippen molar-refractivity contribution in [3.05, 3.63) is 35.9 Å². The topological polar surface area (TPSA) is 32.3 Å². The zero-order chi connectivity index (χ0) is 12.7. The summed E-state index contributed by atoms with van der Waals surface area (Å²) in [4.78, 5) is 13.6. The lowest BCUT2D eigenvalue weighted by molar-refractivity contribution is -0.120. The highest BCUT2D eigenvalue weighted by Crippen LogP contribution is 2.16. The van der Waals surface area contributed by atoms with E-state index in [1.807, 2.05) is 32.3 Å². The van der Waals surface area contributed by atoms with Gasteiger partial charge in [0, 0.05) is 18.3 Å². The van der Waals surface area contributed by atoms with E-state index in [9.17, 15) is 4.79 Å². The number of nitrogens with one attached hydrogen (secondary N) is 1. The van der Waals surface area contributed by atoms with E-state index in [1.165, 1.54) is 5.56 Å². The van der Waals surface area contributed by atoms with Crippen molar-refractivity contribution in [2.45, 2.75) is 12.5 Å². The van der Waals surface area contributed by atoms with Crippen LogP contribution in [0.4, 0.5) is 0 Å². The third-order valence-electron chi connectivity index (χ3n) is 2.62. The molecule has 0 aliphatic rings. The molecule has 0 radical (unpaired) electrons. The summed E-state index contributed by atoms with van der Waals surface area (Å²) >= 11 is 3.26. The van der Waals surface area contributed by atoms with Gasteiger partial charge in [0.1, 0.15) is 0 Å². The fraction of sp³-hybridized carbons (Fsp3) is 0.462. The largest absolute Gasteiger partial charge is 0.354 e. The summed E-state index contributed by atoms with van der Waals surface area (Å²) in [5, 5.41) is 3.66. The van der Waals surface area contributed by atoms with Gasteiger partial charge >= 0.3 is 0 Å². The molecule has 1 aromatic rings. The molecule has 0 saturated heterocycles. The Labute approximate surface area is 111 Å². The number of rotatable bonds is 6. The predicted octanol–water partition coefficient (Wildman–Crippen LogP) is 2.19. The first-order valence-electron chi connectivity index (χ1n) is 5.69. The van der Waals surface area contributed by atoms with Crippen LogP contribution in [-0.4, -0.2) is 36.8 Å². The summed E-state index contributed by atoms with van der Waals surface area (Å²) in [5.74, 6) is 0.0876. The van der Waals surface area contributed by atoms with E-state index in [2.05, 4.69) is 38.3 Å².